The van der Waals surface area contributed by atoms with Crippen LogP contribution in [0.3, 0.4) is 0 Å². The van der Waals surface area contributed by atoms with Crippen molar-refractivity contribution in [2.75, 3.05) is 37.0 Å². The van der Waals surface area contributed by atoms with E-state index in [1.807, 2.05) is 6.07 Å². The van der Waals surface area contributed by atoms with Gasteiger partial charge in [0.15, 0.2) is 0 Å². The number of hydrogen-bond donors (Lipinski definition) is 1. The predicted octanol–water partition coefficient (Wildman–Crippen LogP) is 3.80. The molecule has 0 aliphatic carbocycles. The Hall–Kier alpha value is -2.43. The smallest absolute Gasteiger partial charge is 0.245 e. The number of benzene rings is 2. The fourth-order valence-corrected chi connectivity index (χ4v) is 6.91. The van der Waals surface area contributed by atoms with Gasteiger partial charge in [-0.3, -0.25) is 9.59 Å². The standard InChI is InChI=1S/C24H28BrN3O5S/c1-3-22(29)28-13-10-17-14-18(25)15-21(23(17)28)34(31,32)27-11-8-16(9-12-27)24(30)26-19-4-6-20(33-2)7-5-19/h4-7,14-16H,3,8-13H2,1-2H3,(H,26,30). The average Bonchev–Trinajstić information content (AvgIpc) is 3.27. The molecule has 1 fully saturated rings. The minimum absolute atomic E-state index is 0.0913. The molecule has 2 aromatic rings. The second-order valence-corrected chi connectivity index (χ2v) is 11.3. The highest BCUT2D eigenvalue weighted by atomic mass is 79.9. The molecule has 182 valence electrons. The van der Waals surface area contributed by atoms with E-state index in [1.54, 1.807) is 49.3 Å². The van der Waals surface area contributed by atoms with Crippen LogP contribution in [0.15, 0.2) is 45.8 Å². The lowest BCUT2D eigenvalue weighted by molar-refractivity contribution is -0.121. The van der Waals surface area contributed by atoms with Crippen LogP contribution in [0, 0.1) is 5.92 Å². The van der Waals surface area contributed by atoms with E-state index in [9.17, 15) is 18.0 Å². The summed E-state index contributed by atoms with van der Waals surface area (Å²) in [5.41, 5.74) is 2.02. The van der Waals surface area contributed by atoms with E-state index in [0.29, 0.717) is 53.8 Å². The number of nitrogens with zero attached hydrogens (tertiary/aromatic N) is 2. The number of amides is 2. The van der Waals surface area contributed by atoms with Crippen LogP contribution >= 0.6 is 15.9 Å². The van der Waals surface area contributed by atoms with Crippen LogP contribution in [0.25, 0.3) is 0 Å². The number of piperidine rings is 1. The molecule has 0 spiro atoms. The van der Waals surface area contributed by atoms with Gasteiger partial charge in [0.25, 0.3) is 0 Å². The lowest BCUT2D eigenvalue weighted by Crippen LogP contribution is -2.42. The van der Waals surface area contributed by atoms with Gasteiger partial charge in [0.05, 0.1) is 12.8 Å². The normalized spacial score (nSPS) is 16.9. The van der Waals surface area contributed by atoms with Crippen molar-refractivity contribution in [3.63, 3.8) is 0 Å². The molecular formula is C24H28BrN3O5S. The number of hydrogen-bond acceptors (Lipinski definition) is 5. The number of nitrogens with one attached hydrogen (secondary N) is 1. The van der Waals surface area contributed by atoms with Gasteiger partial charge in [-0.2, -0.15) is 4.31 Å². The molecule has 2 aliphatic heterocycles. The molecule has 10 heteroatoms. The quantitative estimate of drug-likeness (QED) is 0.591. The molecule has 2 aliphatic rings. The summed E-state index contributed by atoms with van der Waals surface area (Å²) in [4.78, 5) is 26.9. The third-order valence-electron chi connectivity index (χ3n) is 6.40. The fraction of sp³-hybridized carbons (Fsp3) is 0.417. The second kappa shape index (κ2) is 10.1. The number of rotatable bonds is 6. The fourth-order valence-electron chi connectivity index (χ4n) is 4.52. The average molecular weight is 550 g/mol. The summed E-state index contributed by atoms with van der Waals surface area (Å²) in [5.74, 6) is 0.214. The topological polar surface area (TPSA) is 96.0 Å². The maximum absolute atomic E-state index is 13.6. The number of sulfonamides is 1. The van der Waals surface area contributed by atoms with E-state index in [4.69, 9.17) is 4.74 Å². The van der Waals surface area contributed by atoms with Crippen molar-refractivity contribution >= 4 is 49.1 Å². The number of halogens is 1. The number of carbonyl (C=O) groups excluding carboxylic acids is 2. The summed E-state index contributed by atoms with van der Waals surface area (Å²) < 4.78 is 34.5. The van der Waals surface area contributed by atoms with Crippen molar-refractivity contribution < 1.29 is 22.7 Å². The minimum Gasteiger partial charge on any atom is -0.497 e. The summed E-state index contributed by atoms with van der Waals surface area (Å²) in [5, 5.41) is 2.90. The maximum atomic E-state index is 13.6. The highest BCUT2D eigenvalue weighted by Gasteiger charge is 2.37. The molecule has 1 saturated heterocycles. The molecule has 4 rings (SSSR count). The Morgan fingerprint density at radius 3 is 2.41 bits per heavy atom. The highest BCUT2D eigenvalue weighted by molar-refractivity contribution is 9.10. The van der Waals surface area contributed by atoms with Gasteiger partial charge in [0.1, 0.15) is 10.6 Å². The van der Waals surface area contributed by atoms with Gasteiger partial charge < -0.3 is 15.0 Å². The van der Waals surface area contributed by atoms with Crippen LogP contribution in [0.4, 0.5) is 11.4 Å². The second-order valence-electron chi connectivity index (χ2n) is 8.46. The Kier molecular flexibility index (Phi) is 7.30. The number of methoxy groups -OCH3 is 1. The van der Waals surface area contributed by atoms with Gasteiger partial charge in [-0.1, -0.05) is 22.9 Å². The zero-order valence-corrected chi connectivity index (χ0v) is 21.6. The van der Waals surface area contributed by atoms with Crippen molar-refractivity contribution in [3.05, 3.63) is 46.4 Å². The molecule has 2 aromatic carbocycles. The summed E-state index contributed by atoms with van der Waals surface area (Å²) in [6, 6.07) is 10.5. The van der Waals surface area contributed by atoms with Crippen LogP contribution in [0.5, 0.6) is 5.75 Å². The van der Waals surface area contributed by atoms with E-state index >= 15 is 0 Å². The zero-order valence-electron chi connectivity index (χ0n) is 19.2. The van der Waals surface area contributed by atoms with Gasteiger partial charge in [0.2, 0.25) is 21.8 Å². The molecule has 8 nitrogen and oxygen atoms in total. The van der Waals surface area contributed by atoms with Crippen LogP contribution in [-0.2, 0) is 26.0 Å². The Morgan fingerprint density at radius 2 is 1.79 bits per heavy atom. The lowest BCUT2D eigenvalue weighted by atomic mass is 9.97. The van der Waals surface area contributed by atoms with Crippen LogP contribution < -0.4 is 15.0 Å². The van der Waals surface area contributed by atoms with Crippen molar-refractivity contribution in [1.29, 1.82) is 0 Å². The van der Waals surface area contributed by atoms with Gasteiger partial charge in [-0.05, 0) is 61.2 Å². The Morgan fingerprint density at radius 1 is 1.12 bits per heavy atom. The Balaban J connectivity index is 1.48. The van der Waals surface area contributed by atoms with E-state index < -0.39 is 10.0 Å². The molecule has 1 N–H and O–H groups in total. The third kappa shape index (κ3) is 4.85. The molecule has 0 atom stereocenters. The zero-order chi connectivity index (χ0) is 24.5. The van der Waals surface area contributed by atoms with E-state index in [-0.39, 0.29) is 35.7 Å². The summed E-state index contributed by atoms with van der Waals surface area (Å²) in [7, 11) is -2.26. The Labute approximate surface area is 208 Å². The van der Waals surface area contributed by atoms with Crippen molar-refractivity contribution in [2.45, 2.75) is 37.5 Å². The van der Waals surface area contributed by atoms with E-state index in [2.05, 4.69) is 21.2 Å². The predicted molar refractivity (Wildman–Crippen MR) is 134 cm³/mol. The molecule has 0 aromatic heterocycles. The minimum atomic E-state index is -3.84. The number of carbonyl (C=O) groups is 2. The third-order valence-corrected chi connectivity index (χ3v) is 8.77. The van der Waals surface area contributed by atoms with E-state index in [1.165, 1.54) is 4.31 Å². The van der Waals surface area contributed by atoms with Crippen LogP contribution in [0.1, 0.15) is 31.7 Å². The molecule has 0 unspecified atom stereocenters. The van der Waals surface area contributed by atoms with Gasteiger partial charge in [-0.25, -0.2) is 8.42 Å². The van der Waals surface area contributed by atoms with Gasteiger partial charge in [-0.15, -0.1) is 0 Å². The number of anilines is 2. The molecular weight excluding hydrogens is 522 g/mol. The lowest BCUT2D eigenvalue weighted by Gasteiger charge is -2.31. The van der Waals surface area contributed by atoms with Gasteiger partial charge >= 0.3 is 0 Å². The largest absolute Gasteiger partial charge is 0.497 e. The molecule has 0 saturated carbocycles. The summed E-state index contributed by atoms with van der Waals surface area (Å²) in [6.45, 7) is 2.74. The van der Waals surface area contributed by atoms with Gasteiger partial charge in [0, 0.05) is 42.1 Å². The Bertz CT molecular complexity index is 1190. The maximum Gasteiger partial charge on any atom is 0.245 e. The van der Waals surface area contributed by atoms with Crippen LogP contribution in [-0.4, -0.2) is 51.3 Å². The monoisotopic (exact) mass is 549 g/mol. The molecule has 0 bridgehead atoms. The molecule has 2 heterocycles. The molecule has 2 amide bonds. The number of ether oxygens (including phenoxy) is 1. The first-order valence-corrected chi connectivity index (χ1v) is 13.6. The van der Waals surface area contributed by atoms with Crippen molar-refractivity contribution in [2.24, 2.45) is 5.92 Å². The first-order chi connectivity index (χ1) is 16.2. The summed E-state index contributed by atoms with van der Waals surface area (Å²) in [6.07, 6.45) is 1.78. The van der Waals surface area contributed by atoms with Crippen molar-refractivity contribution in [1.82, 2.24) is 4.31 Å². The first-order valence-electron chi connectivity index (χ1n) is 11.3. The molecule has 0 radical (unpaired) electrons. The SMILES string of the molecule is CCC(=O)N1CCc2cc(Br)cc(S(=O)(=O)N3CCC(C(=O)Nc4ccc(OC)cc4)CC3)c21. The number of fused-ring (bicyclic) bond motifs is 1. The van der Waals surface area contributed by atoms with Crippen molar-refractivity contribution in [3.8, 4) is 5.75 Å². The summed E-state index contributed by atoms with van der Waals surface area (Å²) >= 11 is 3.43. The first kappa shape index (κ1) is 24.7. The highest BCUT2D eigenvalue weighted by Crippen LogP contribution is 2.39. The van der Waals surface area contributed by atoms with Crippen LogP contribution in [0.2, 0.25) is 0 Å². The molecule has 34 heavy (non-hydrogen) atoms. The van der Waals surface area contributed by atoms with E-state index in [0.717, 1.165) is 5.56 Å².